The molecule has 3 aliphatic rings. The second-order valence-corrected chi connectivity index (χ2v) is 8.77. The van der Waals surface area contributed by atoms with E-state index in [1.165, 1.54) is 4.90 Å². The Morgan fingerprint density at radius 1 is 1.22 bits per heavy atom. The molecule has 1 atom stereocenters. The molecule has 3 saturated heterocycles. The average Bonchev–Trinajstić information content (AvgIpc) is 2.87. The number of nitrogens with one attached hydrogen (secondary N) is 1. The van der Waals surface area contributed by atoms with Gasteiger partial charge in [0.2, 0.25) is 5.91 Å². The third-order valence-corrected chi connectivity index (χ3v) is 6.10. The van der Waals surface area contributed by atoms with Crippen molar-refractivity contribution in [2.45, 2.75) is 70.9 Å². The Morgan fingerprint density at radius 2 is 1.93 bits per heavy atom. The van der Waals surface area contributed by atoms with Crippen molar-refractivity contribution < 1.29 is 14.4 Å². The van der Waals surface area contributed by atoms with E-state index in [4.69, 9.17) is 0 Å². The summed E-state index contributed by atoms with van der Waals surface area (Å²) < 4.78 is 0. The number of imide groups is 1. The Bertz CT molecular complexity index is 584. The lowest BCUT2D eigenvalue weighted by atomic mass is 9.86. The van der Waals surface area contributed by atoms with E-state index >= 15 is 0 Å². The minimum Gasteiger partial charge on any atom is -0.341 e. The van der Waals surface area contributed by atoms with Crippen molar-refractivity contribution in [2.75, 3.05) is 32.7 Å². The predicted octanol–water partition coefficient (Wildman–Crippen LogP) is 1.82. The lowest BCUT2D eigenvalue weighted by Gasteiger charge is -2.39. The van der Waals surface area contributed by atoms with Gasteiger partial charge in [-0.1, -0.05) is 20.8 Å². The van der Waals surface area contributed by atoms with Crippen LogP contribution in [0.1, 0.15) is 59.3 Å². The molecule has 0 radical (unpaired) electrons. The maximum absolute atomic E-state index is 13.2. The van der Waals surface area contributed by atoms with Crippen LogP contribution in [0.4, 0.5) is 4.79 Å². The number of hydrogen-bond acceptors (Lipinski definition) is 4. The largest absolute Gasteiger partial charge is 0.341 e. The SMILES string of the molecule is CCCC(=O)N1CCC[C@H](N2C(=O)NC3(CCN(CC(C)C)CC3)C2=O)C1. The smallest absolute Gasteiger partial charge is 0.325 e. The molecule has 3 aliphatic heterocycles. The fraction of sp³-hybridized carbons (Fsp3) is 0.850. The molecule has 3 heterocycles. The van der Waals surface area contributed by atoms with Crippen LogP contribution >= 0.6 is 0 Å². The van der Waals surface area contributed by atoms with Gasteiger partial charge in [-0.15, -0.1) is 0 Å². The van der Waals surface area contributed by atoms with Gasteiger partial charge < -0.3 is 15.1 Å². The standard InChI is InChI=1S/C20H34N4O3/c1-4-6-17(25)23-10-5-7-16(14-23)24-18(26)20(21-19(24)27)8-11-22(12-9-20)13-15(2)3/h15-16H,4-14H2,1-3H3,(H,21,27)/t16-/m0/s1. The van der Waals surface area contributed by atoms with Gasteiger partial charge in [0.15, 0.2) is 0 Å². The Kier molecular flexibility index (Phi) is 6.08. The summed E-state index contributed by atoms with van der Waals surface area (Å²) in [6.07, 6.45) is 4.32. The van der Waals surface area contributed by atoms with Crippen LogP contribution in [0.5, 0.6) is 0 Å². The van der Waals surface area contributed by atoms with Crippen LogP contribution in [0, 0.1) is 5.92 Å². The summed E-state index contributed by atoms with van der Waals surface area (Å²) in [5.74, 6) is 0.649. The summed E-state index contributed by atoms with van der Waals surface area (Å²) >= 11 is 0. The summed E-state index contributed by atoms with van der Waals surface area (Å²) in [5.41, 5.74) is -0.736. The zero-order valence-electron chi connectivity index (χ0n) is 17.0. The molecule has 0 unspecified atom stereocenters. The first kappa shape index (κ1) is 20.1. The summed E-state index contributed by atoms with van der Waals surface area (Å²) in [4.78, 5) is 43.8. The van der Waals surface area contributed by atoms with Gasteiger partial charge in [-0.25, -0.2) is 4.79 Å². The second kappa shape index (κ2) is 8.17. The van der Waals surface area contributed by atoms with Crippen LogP contribution in [0.25, 0.3) is 0 Å². The average molecular weight is 379 g/mol. The molecule has 3 fully saturated rings. The summed E-state index contributed by atoms with van der Waals surface area (Å²) in [6, 6.07) is -0.466. The molecule has 7 nitrogen and oxygen atoms in total. The molecule has 0 saturated carbocycles. The van der Waals surface area contributed by atoms with E-state index in [1.807, 2.05) is 11.8 Å². The quantitative estimate of drug-likeness (QED) is 0.741. The Labute approximate surface area is 162 Å². The second-order valence-electron chi connectivity index (χ2n) is 8.77. The molecule has 3 rings (SSSR count). The third-order valence-electron chi connectivity index (χ3n) is 6.10. The van der Waals surface area contributed by atoms with Gasteiger partial charge >= 0.3 is 6.03 Å². The topological polar surface area (TPSA) is 73.0 Å². The van der Waals surface area contributed by atoms with Crippen molar-refractivity contribution in [3.63, 3.8) is 0 Å². The molecule has 0 aliphatic carbocycles. The fourth-order valence-corrected chi connectivity index (χ4v) is 4.71. The van der Waals surface area contributed by atoms with Crippen LogP contribution in [-0.4, -0.2) is 76.8 Å². The van der Waals surface area contributed by atoms with Gasteiger partial charge in [-0.05, 0) is 38.0 Å². The van der Waals surface area contributed by atoms with Crippen molar-refractivity contribution in [1.29, 1.82) is 0 Å². The molecule has 4 amide bonds. The number of piperidine rings is 2. The monoisotopic (exact) mass is 378 g/mol. The molecular formula is C20H34N4O3. The predicted molar refractivity (Wildman–Crippen MR) is 103 cm³/mol. The van der Waals surface area contributed by atoms with Crippen molar-refractivity contribution in [1.82, 2.24) is 20.0 Å². The van der Waals surface area contributed by atoms with Gasteiger partial charge in [-0.2, -0.15) is 0 Å². The van der Waals surface area contributed by atoms with Crippen molar-refractivity contribution >= 4 is 17.8 Å². The fourth-order valence-electron chi connectivity index (χ4n) is 4.71. The van der Waals surface area contributed by atoms with Crippen LogP contribution in [0.2, 0.25) is 0 Å². The zero-order valence-corrected chi connectivity index (χ0v) is 17.0. The summed E-state index contributed by atoms with van der Waals surface area (Å²) in [7, 11) is 0. The highest BCUT2D eigenvalue weighted by Gasteiger charge is 2.54. The van der Waals surface area contributed by atoms with Crippen molar-refractivity contribution in [3.8, 4) is 0 Å². The first-order valence-corrected chi connectivity index (χ1v) is 10.5. The molecule has 0 bridgehead atoms. The highest BCUT2D eigenvalue weighted by molar-refractivity contribution is 6.07. The number of carbonyl (C=O) groups is 3. The molecule has 0 aromatic carbocycles. The van der Waals surface area contributed by atoms with Gasteiger partial charge in [-0.3, -0.25) is 14.5 Å². The van der Waals surface area contributed by atoms with Crippen molar-refractivity contribution in [3.05, 3.63) is 0 Å². The lowest BCUT2D eigenvalue weighted by molar-refractivity contribution is -0.139. The molecular weight excluding hydrogens is 344 g/mol. The first-order chi connectivity index (χ1) is 12.9. The summed E-state index contributed by atoms with van der Waals surface area (Å²) in [5, 5.41) is 3.02. The maximum atomic E-state index is 13.2. The maximum Gasteiger partial charge on any atom is 0.325 e. The molecule has 152 valence electrons. The highest BCUT2D eigenvalue weighted by atomic mass is 16.2. The van der Waals surface area contributed by atoms with E-state index in [2.05, 4.69) is 24.1 Å². The third kappa shape index (κ3) is 4.13. The van der Waals surface area contributed by atoms with E-state index in [-0.39, 0.29) is 23.9 Å². The van der Waals surface area contributed by atoms with Crippen LogP contribution in [0.15, 0.2) is 0 Å². The molecule has 1 spiro atoms. The zero-order chi connectivity index (χ0) is 19.6. The number of rotatable bonds is 5. The number of nitrogens with zero attached hydrogens (tertiary/aromatic N) is 3. The minimum absolute atomic E-state index is 0.0773. The van der Waals surface area contributed by atoms with Crippen molar-refractivity contribution in [2.24, 2.45) is 5.92 Å². The normalized spacial score (nSPS) is 26.1. The van der Waals surface area contributed by atoms with E-state index < -0.39 is 5.54 Å². The number of amides is 4. The lowest BCUT2D eigenvalue weighted by Crippen LogP contribution is -2.56. The minimum atomic E-state index is -0.736. The van der Waals surface area contributed by atoms with Gasteiger partial charge in [0, 0.05) is 39.1 Å². The molecule has 0 aromatic rings. The molecule has 1 N–H and O–H groups in total. The van der Waals surface area contributed by atoms with Gasteiger partial charge in [0.25, 0.3) is 5.91 Å². The number of urea groups is 1. The first-order valence-electron chi connectivity index (χ1n) is 10.5. The number of carbonyl (C=O) groups excluding carboxylic acids is 3. The highest BCUT2D eigenvalue weighted by Crippen LogP contribution is 2.32. The molecule has 7 heteroatoms. The van der Waals surface area contributed by atoms with Crippen LogP contribution in [0.3, 0.4) is 0 Å². The van der Waals surface area contributed by atoms with Crippen LogP contribution < -0.4 is 5.32 Å². The number of likely N-dealkylation sites (tertiary alicyclic amines) is 2. The van der Waals surface area contributed by atoms with E-state index in [9.17, 15) is 14.4 Å². The Hall–Kier alpha value is -1.63. The van der Waals surface area contributed by atoms with Crippen LogP contribution in [-0.2, 0) is 9.59 Å². The summed E-state index contributed by atoms with van der Waals surface area (Å²) in [6.45, 7) is 10.3. The van der Waals surface area contributed by atoms with E-state index in [0.29, 0.717) is 31.7 Å². The molecule has 0 aromatic heterocycles. The Morgan fingerprint density at radius 3 is 2.56 bits per heavy atom. The van der Waals surface area contributed by atoms with Gasteiger partial charge in [0.1, 0.15) is 5.54 Å². The van der Waals surface area contributed by atoms with Gasteiger partial charge in [0.05, 0.1) is 6.04 Å². The molecule has 27 heavy (non-hydrogen) atoms. The van der Waals surface area contributed by atoms with E-state index in [1.54, 1.807) is 0 Å². The van der Waals surface area contributed by atoms with E-state index in [0.717, 1.165) is 45.4 Å². The number of hydrogen-bond donors (Lipinski definition) is 1. The Balaban J connectivity index is 1.65.